The van der Waals surface area contributed by atoms with Crippen molar-refractivity contribution in [3.63, 3.8) is 0 Å². The van der Waals surface area contributed by atoms with Crippen molar-refractivity contribution in [1.29, 1.82) is 0 Å². The average molecular weight is 349 g/mol. The van der Waals surface area contributed by atoms with Crippen LogP contribution in [-0.4, -0.2) is 53.0 Å². The molecule has 2 heterocycles. The molecule has 1 saturated carbocycles. The van der Waals surface area contributed by atoms with Gasteiger partial charge in [-0.3, -0.25) is 14.9 Å². The number of carbonyl (C=O) groups excluding carboxylic acids is 2. The number of rotatable bonds is 6. The van der Waals surface area contributed by atoms with Crippen molar-refractivity contribution >= 4 is 11.8 Å². The van der Waals surface area contributed by atoms with Gasteiger partial charge in [0.05, 0.1) is 18.6 Å². The van der Waals surface area contributed by atoms with Crippen LogP contribution in [0.5, 0.6) is 0 Å². The molecule has 8 nitrogen and oxygen atoms in total. The zero-order valence-corrected chi connectivity index (χ0v) is 14.8. The third kappa shape index (κ3) is 4.36. The van der Waals surface area contributed by atoms with E-state index in [9.17, 15) is 9.59 Å². The Balaban J connectivity index is 1.52. The smallest absolute Gasteiger partial charge is 0.241 e. The largest absolute Gasteiger partial charge is 0.346 e. The van der Waals surface area contributed by atoms with Crippen LogP contribution < -0.4 is 10.6 Å². The number of amides is 2. The summed E-state index contributed by atoms with van der Waals surface area (Å²) in [6.07, 6.45) is 7.17. The number of likely N-dealkylation sites (tertiary alicyclic amines) is 1. The van der Waals surface area contributed by atoms with Gasteiger partial charge in [0.1, 0.15) is 0 Å². The molecule has 8 heteroatoms. The molecule has 2 N–H and O–H groups in total. The molecule has 1 aliphatic carbocycles. The van der Waals surface area contributed by atoms with Gasteiger partial charge in [0.15, 0.2) is 5.82 Å². The first-order valence-electron chi connectivity index (χ1n) is 9.19. The molecule has 25 heavy (non-hydrogen) atoms. The van der Waals surface area contributed by atoms with E-state index < -0.39 is 5.54 Å². The molecule has 1 aromatic heterocycles. The van der Waals surface area contributed by atoms with Crippen LogP contribution in [-0.2, 0) is 15.1 Å². The Morgan fingerprint density at radius 1 is 1.12 bits per heavy atom. The first kappa shape index (κ1) is 17.8. The number of nitrogens with one attached hydrogen (secondary N) is 2. The van der Waals surface area contributed by atoms with E-state index in [2.05, 4.69) is 20.8 Å². The summed E-state index contributed by atoms with van der Waals surface area (Å²) in [4.78, 5) is 30.4. The Bertz CT molecular complexity index is 603. The molecule has 0 unspecified atom stereocenters. The van der Waals surface area contributed by atoms with E-state index >= 15 is 0 Å². The van der Waals surface area contributed by atoms with Crippen molar-refractivity contribution in [1.82, 2.24) is 25.7 Å². The van der Waals surface area contributed by atoms with Gasteiger partial charge in [0.25, 0.3) is 0 Å². The Kier molecular flexibility index (Phi) is 5.67. The normalized spacial score (nSPS) is 19.8. The summed E-state index contributed by atoms with van der Waals surface area (Å²) in [6, 6.07) is 0. The highest BCUT2D eigenvalue weighted by Crippen LogP contribution is 2.35. The van der Waals surface area contributed by atoms with Crippen molar-refractivity contribution in [3.05, 3.63) is 11.7 Å². The van der Waals surface area contributed by atoms with Crippen LogP contribution in [0.4, 0.5) is 0 Å². The molecule has 1 aliphatic heterocycles. The minimum Gasteiger partial charge on any atom is -0.346 e. The highest BCUT2D eigenvalue weighted by Gasteiger charge is 2.38. The molecular formula is C17H27N5O3. The zero-order valence-electron chi connectivity index (χ0n) is 14.8. The van der Waals surface area contributed by atoms with E-state index in [1.54, 1.807) is 11.8 Å². The summed E-state index contributed by atoms with van der Waals surface area (Å²) in [5.74, 6) is 0.970. The summed E-state index contributed by atoms with van der Waals surface area (Å²) in [5.41, 5.74) is -0.410. The number of hydrogen-bond acceptors (Lipinski definition) is 6. The fraction of sp³-hybridized carbons (Fsp3) is 0.765. The fourth-order valence-corrected chi connectivity index (χ4v) is 3.69. The molecule has 0 atom stereocenters. The van der Waals surface area contributed by atoms with Crippen molar-refractivity contribution < 1.29 is 14.1 Å². The SMILES string of the molecule is Cc1nc(C2(NCC(=O)NCC(=O)N3CCCC3)CCCCC2)no1. The van der Waals surface area contributed by atoms with Gasteiger partial charge in [-0.1, -0.05) is 24.4 Å². The van der Waals surface area contributed by atoms with Gasteiger partial charge in [0, 0.05) is 20.0 Å². The minimum atomic E-state index is -0.410. The van der Waals surface area contributed by atoms with Gasteiger partial charge in [-0.05, 0) is 25.7 Å². The summed E-state index contributed by atoms with van der Waals surface area (Å²) >= 11 is 0. The molecule has 0 radical (unpaired) electrons. The first-order valence-corrected chi connectivity index (χ1v) is 9.19. The number of aryl methyl sites for hydroxylation is 1. The Hall–Kier alpha value is -1.96. The van der Waals surface area contributed by atoms with Gasteiger partial charge in [-0.15, -0.1) is 0 Å². The topological polar surface area (TPSA) is 100 Å². The van der Waals surface area contributed by atoms with Gasteiger partial charge in [-0.2, -0.15) is 4.98 Å². The second kappa shape index (κ2) is 7.95. The Morgan fingerprint density at radius 2 is 1.84 bits per heavy atom. The van der Waals surface area contributed by atoms with E-state index in [0.29, 0.717) is 11.7 Å². The molecule has 0 aromatic carbocycles. The zero-order chi connectivity index (χ0) is 17.7. The second-order valence-corrected chi connectivity index (χ2v) is 7.00. The highest BCUT2D eigenvalue weighted by atomic mass is 16.5. The maximum Gasteiger partial charge on any atom is 0.241 e. The van der Waals surface area contributed by atoms with Crippen molar-refractivity contribution in [3.8, 4) is 0 Å². The number of nitrogens with zero attached hydrogens (tertiary/aromatic N) is 3. The number of carbonyl (C=O) groups is 2. The lowest BCUT2D eigenvalue weighted by Crippen LogP contribution is -2.50. The van der Waals surface area contributed by atoms with E-state index in [4.69, 9.17) is 4.52 Å². The second-order valence-electron chi connectivity index (χ2n) is 7.00. The minimum absolute atomic E-state index is 0.00739. The lowest BCUT2D eigenvalue weighted by Gasteiger charge is -2.35. The molecule has 1 saturated heterocycles. The first-order chi connectivity index (χ1) is 12.1. The summed E-state index contributed by atoms with van der Waals surface area (Å²) < 4.78 is 5.13. The maximum atomic E-state index is 12.2. The molecular weight excluding hydrogens is 322 g/mol. The standard InChI is InChI=1S/C17H27N5O3/c1-13-20-16(21-25-13)17(7-3-2-4-8-17)19-11-14(23)18-12-15(24)22-9-5-6-10-22/h19H,2-12H2,1H3,(H,18,23). The van der Waals surface area contributed by atoms with Crippen LogP contribution in [0.1, 0.15) is 56.7 Å². The van der Waals surface area contributed by atoms with E-state index in [0.717, 1.165) is 51.6 Å². The van der Waals surface area contributed by atoms with Crippen molar-refractivity contribution in [2.45, 2.75) is 57.4 Å². The number of aromatic nitrogens is 2. The summed E-state index contributed by atoms with van der Waals surface area (Å²) in [6.45, 7) is 3.57. The van der Waals surface area contributed by atoms with E-state index in [-0.39, 0.29) is 24.9 Å². The Morgan fingerprint density at radius 3 is 2.48 bits per heavy atom. The molecule has 0 spiro atoms. The quantitative estimate of drug-likeness (QED) is 0.790. The predicted octanol–water partition coefficient (Wildman–Crippen LogP) is 0.866. The predicted molar refractivity (Wildman–Crippen MR) is 90.6 cm³/mol. The van der Waals surface area contributed by atoms with Gasteiger partial charge >= 0.3 is 0 Å². The van der Waals surface area contributed by atoms with Crippen molar-refractivity contribution in [2.75, 3.05) is 26.2 Å². The fourth-order valence-electron chi connectivity index (χ4n) is 3.69. The molecule has 3 rings (SSSR count). The summed E-state index contributed by atoms with van der Waals surface area (Å²) in [7, 11) is 0. The highest BCUT2D eigenvalue weighted by molar-refractivity contribution is 5.85. The molecule has 1 aromatic rings. The maximum absolute atomic E-state index is 12.2. The van der Waals surface area contributed by atoms with Crippen LogP contribution >= 0.6 is 0 Å². The molecule has 0 bridgehead atoms. The van der Waals surface area contributed by atoms with Gasteiger partial charge in [0.2, 0.25) is 17.7 Å². The van der Waals surface area contributed by atoms with Crippen LogP contribution in [0.3, 0.4) is 0 Å². The number of hydrogen-bond donors (Lipinski definition) is 2. The Labute approximate surface area is 147 Å². The van der Waals surface area contributed by atoms with Gasteiger partial charge in [-0.25, -0.2) is 0 Å². The van der Waals surface area contributed by atoms with Crippen LogP contribution in [0.15, 0.2) is 4.52 Å². The lowest BCUT2D eigenvalue weighted by molar-refractivity contribution is -0.131. The summed E-state index contributed by atoms with van der Waals surface area (Å²) in [5, 5.41) is 10.1. The van der Waals surface area contributed by atoms with E-state index in [1.807, 2.05) is 0 Å². The van der Waals surface area contributed by atoms with E-state index in [1.165, 1.54) is 6.42 Å². The van der Waals surface area contributed by atoms with Crippen LogP contribution in [0.2, 0.25) is 0 Å². The monoisotopic (exact) mass is 349 g/mol. The third-order valence-electron chi connectivity index (χ3n) is 5.15. The lowest BCUT2D eigenvalue weighted by atomic mass is 9.81. The van der Waals surface area contributed by atoms with Crippen LogP contribution in [0.25, 0.3) is 0 Å². The molecule has 2 fully saturated rings. The molecule has 138 valence electrons. The van der Waals surface area contributed by atoms with Crippen molar-refractivity contribution in [2.24, 2.45) is 0 Å². The average Bonchev–Trinajstić information content (AvgIpc) is 3.30. The molecule has 2 aliphatic rings. The third-order valence-corrected chi connectivity index (χ3v) is 5.15. The molecule has 2 amide bonds. The van der Waals surface area contributed by atoms with Crippen LogP contribution in [0, 0.1) is 6.92 Å². The van der Waals surface area contributed by atoms with Gasteiger partial charge < -0.3 is 14.7 Å².